The van der Waals surface area contributed by atoms with Crippen LogP contribution in [-0.2, 0) is 11.8 Å². The highest BCUT2D eigenvalue weighted by atomic mass is 16.3. The monoisotopic (exact) mass is 395 g/mol. The molecule has 5 heteroatoms. The first-order valence-electron chi connectivity index (χ1n) is 9.47. The van der Waals surface area contributed by atoms with Gasteiger partial charge in [0, 0.05) is 40.8 Å². The van der Waals surface area contributed by atoms with Gasteiger partial charge in [-0.05, 0) is 23.8 Å². The van der Waals surface area contributed by atoms with Crippen LogP contribution in [0.15, 0.2) is 72.9 Å². The van der Waals surface area contributed by atoms with Crippen molar-refractivity contribution in [2.24, 2.45) is 7.05 Å². The Kier molecular flexibility index (Phi) is 3.86. The van der Waals surface area contributed by atoms with Crippen LogP contribution in [0.5, 0.6) is 5.75 Å². The Balaban J connectivity index is 1.82. The van der Waals surface area contributed by atoms with E-state index >= 15 is 0 Å². The Bertz CT molecular complexity index is 1390. The summed E-state index contributed by atoms with van der Waals surface area (Å²) in [5.74, 6) is -2.15. The summed E-state index contributed by atoms with van der Waals surface area (Å²) in [6, 6.07) is 19.7. The summed E-state index contributed by atoms with van der Waals surface area (Å²) in [4.78, 5) is 25.8. The molecular formula is C25H17NO4. The van der Waals surface area contributed by atoms with E-state index in [0.29, 0.717) is 11.1 Å². The van der Waals surface area contributed by atoms with Crippen LogP contribution in [0.3, 0.4) is 0 Å². The van der Waals surface area contributed by atoms with Gasteiger partial charge in [-0.15, -0.1) is 0 Å². The van der Waals surface area contributed by atoms with Gasteiger partial charge < -0.3 is 14.8 Å². The average molecular weight is 395 g/mol. The van der Waals surface area contributed by atoms with Gasteiger partial charge in [0.2, 0.25) is 11.6 Å². The van der Waals surface area contributed by atoms with Crippen molar-refractivity contribution in [3.63, 3.8) is 0 Å². The molecule has 5 nitrogen and oxygen atoms in total. The van der Waals surface area contributed by atoms with Crippen LogP contribution < -0.4 is 0 Å². The molecule has 1 aromatic heterocycles. The first-order valence-corrected chi connectivity index (χ1v) is 9.47. The number of ketones is 2. The Morgan fingerprint density at radius 3 is 2.17 bits per heavy atom. The number of nitrogens with zero attached hydrogens (tertiary/aromatic N) is 1. The minimum absolute atomic E-state index is 0.00123. The van der Waals surface area contributed by atoms with E-state index in [0.717, 1.165) is 16.5 Å². The number of carbonyl (C=O) groups is 2. The van der Waals surface area contributed by atoms with E-state index < -0.39 is 11.6 Å². The fourth-order valence-electron chi connectivity index (χ4n) is 4.13. The number of allylic oxidation sites excluding steroid dienone is 1. The topological polar surface area (TPSA) is 79.5 Å². The number of aliphatic hydroxyl groups is 1. The summed E-state index contributed by atoms with van der Waals surface area (Å²) in [6.07, 6.45) is 1.71. The Hall–Kier alpha value is -4.12. The normalized spacial score (nSPS) is 13.8. The van der Waals surface area contributed by atoms with Gasteiger partial charge in [-0.1, -0.05) is 48.5 Å². The first kappa shape index (κ1) is 17.9. The van der Waals surface area contributed by atoms with Gasteiger partial charge in [0.25, 0.3) is 0 Å². The standard InChI is InChI=1S/C25H17NO4/c1-26-13-18(16-9-5-6-10-19(16)26)21-24(29)20-17(23(28)25(21)30)12-11-15(22(20)27)14-7-3-2-4-8-14/h2-13,27,29H,1H3. The van der Waals surface area contributed by atoms with Gasteiger partial charge in [-0.25, -0.2) is 0 Å². The third kappa shape index (κ3) is 2.42. The van der Waals surface area contributed by atoms with Gasteiger partial charge in [0.1, 0.15) is 11.5 Å². The molecule has 0 amide bonds. The maximum absolute atomic E-state index is 13.0. The predicted octanol–water partition coefficient (Wildman–Crippen LogP) is 4.74. The van der Waals surface area contributed by atoms with Crippen LogP contribution in [0.25, 0.3) is 33.4 Å². The van der Waals surface area contributed by atoms with Gasteiger partial charge in [-0.2, -0.15) is 0 Å². The second-order valence-corrected chi connectivity index (χ2v) is 7.30. The number of phenols is 1. The minimum Gasteiger partial charge on any atom is -0.507 e. The van der Waals surface area contributed by atoms with Gasteiger partial charge in [0.15, 0.2) is 0 Å². The summed E-state index contributed by atoms with van der Waals surface area (Å²) < 4.78 is 1.83. The summed E-state index contributed by atoms with van der Waals surface area (Å²) in [5, 5.41) is 22.8. The minimum atomic E-state index is -0.789. The molecule has 0 saturated heterocycles. The number of rotatable bonds is 2. The Morgan fingerprint density at radius 2 is 1.40 bits per heavy atom. The van der Waals surface area contributed by atoms with Crippen molar-refractivity contribution >= 4 is 33.8 Å². The third-order valence-electron chi connectivity index (χ3n) is 5.58. The second-order valence-electron chi connectivity index (χ2n) is 7.30. The number of carbonyl (C=O) groups excluding carboxylic acids is 2. The molecular weight excluding hydrogens is 378 g/mol. The summed E-state index contributed by atoms with van der Waals surface area (Å²) >= 11 is 0. The fourth-order valence-corrected chi connectivity index (χ4v) is 4.13. The van der Waals surface area contributed by atoms with E-state index in [1.807, 2.05) is 66.2 Å². The Morgan fingerprint density at radius 1 is 0.733 bits per heavy atom. The van der Waals surface area contributed by atoms with Crippen LogP contribution in [0.2, 0.25) is 0 Å². The highest BCUT2D eigenvalue weighted by Gasteiger charge is 2.37. The molecule has 0 fully saturated rings. The molecule has 1 heterocycles. The highest BCUT2D eigenvalue weighted by molar-refractivity contribution is 6.62. The molecule has 5 rings (SSSR count). The number of hydrogen-bond acceptors (Lipinski definition) is 4. The molecule has 1 aliphatic rings. The molecule has 30 heavy (non-hydrogen) atoms. The van der Waals surface area contributed by atoms with Crippen molar-refractivity contribution in [1.29, 1.82) is 0 Å². The number of para-hydroxylation sites is 1. The van der Waals surface area contributed by atoms with Crippen molar-refractivity contribution in [3.05, 3.63) is 89.6 Å². The molecule has 4 aromatic rings. The van der Waals surface area contributed by atoms with Gasteiger partial charge >= 0.3 is 0 Å². The van der Waals surface area contributed by atoms with E-state index in [-0.39, 0.29) is 28.2 Å². The van der Waals surface area contributed by atoms with Crippen molar-refractivity contribution < 1.29 is 19.8 Å². The quantitative estimate of drug-likeness (QED) is 0.481. The molecule has 0 aliphatic heterocycles. The van der Waals surface area contributed by atoms with Crippen molar-refractivity contribution in [1.82, 2.24) is 4.57 Å². The lowest BCUT2D eigenvalue weighted by Crippen LogP contribution is -2.23. The Labute approximate surface area is 172 Å². The molecule has 2 N–H and O–H groups in total. The number of hydrogen-bond donors (Lipinski definition) is 2. The number of phenolic OH excluding ortho intramolecular Hbond substituents is 1. The van der Waals surface area contributed by atoms with Crippen molar-refractivity contribution in [2.45, 2.75) is 0 Å². The zero-order valence-electron chi connectivity index (χ0n) is 16.1. The number of aromatic hydroxyl groups is 1. The lowest BCUT2D eigenvalue weighted by Gasteiger charge is -2.20. The maximum atomic E-state index is 13.0. The van der Waals surface area contributed by atoms with Gasteiger partial charge in [0.05, 0.1) is 11.1 Å². The van der Waals surface area contributed by atoms with Crippen molar-refractivity contribution in [2.75, 3.05) is 0 Å². The second kappa shape index (κ2) is 6.46. The van der Waals surface area contributed by atoms with Crippen LogP contribution in [0.1, 0.15) is 21.5 Å². The van der Waals surface area contributed by atoms with Crippen LogP contribution in [0.4, 0.5) is 0 Å². The van der Waals surface area contributed by atoms with E-state index in [4.69, 9.17) is 0 Å². The van der Waals surface area contributed by atoms with E-state index in [1.54, 1.807) is 12.3 Å². The van der Waals surface area contributed by atoms with Crippen LogP contribution >= 0.6 is 0 Å². The zero-order valence-corrected chi connectivity index (χ0v) is 16.1. The zero-order chi connectivity index (χ0) is 21.0. The average Bonchev–Trinajstić information content (AvgIpc) is 3.09. The van der Waals surface area contributed by atoms with E-state index in [9.17, 15) is 19.8 Å². The molecule has 0 radical (unpaired) electrons. The van der Waals surface area contributed by atoms with Crippen molar-refractivity contribution in [3.8, 4) is 16.9 Å². The molecule has 146 valence electrons. The van der Waals surface area contributed by atoms with E-state index in [1.165, 1.54) is 6.07 Å². The largest absolute Gasteiger partial charge is 0.507 e. The smallest absolute Gasteiger partial charge is 0.237 e. The first-order chi connectivity index (χ1) is 14.5. The molecule has 0 spiro atoms. The summed E-state index contributed by atoms with van der Waals surface area (Å²) in [5.41, 5.74) is 2.43. The number of Topliss-reactive ketones (excluding diaryl/α,β-unsaturated/α-hetero) is 2. The maximum Gasteiger partial charge on any atom is 0.237 e. The number of aryl methyl sites for hydroxylation is 1. The number of aliphatic hydroxyl groups excluding tert-OH is 1. The number of aromatic nitrogens is 1. The number of fused-ring (bicyclic) bond motifs is 2. The lowest BCUT2D eigenvalue weighted by atomic mass is 9.83. The molecule has 0 atom stereocenters. The van der Waals surface area contributed by atoms with Gasteiger partial charge in [-0.3, -0.25) is 9.59 Å². The predicted molar refractivity (Wildman–Crippen MR) is 115 cm³/mol. The SMILES string of the molecule is Cn1cc(C2=C(O)c3c(ccc(-c4ccccc4)c3O)C(=O)C2=O)c2ccccc21. The molecule has 3 aromatic carbocycles. The third-order valence-corrected chi connectivity index (χ3v) is 5.58. The molecule has 0 saturated carbocycles. The number of benzene rings is 3. The summed E-state index contributed by atoms with van der Waals surface area (Å²) in [7, 11) is 1.83. The molecule has 0 unspecified atom stereocenters. The highest BCUT2D eigenvalue weighted by Crippen LogP contribution is 2.44. The summed E-state index contributed by atoms with van der Waals surface area (Å²) in [6.45, 7) is 0. The van der Waals surface area contributed by atoms with Crippen LogP contribution in [0, 0.1) is 0 Å². The fraction of sp³-hybridized carbons (Fsp3) is 0.0400. The van der Waals surface area contributed by atoms with Crippen LogP contribution in [-0.4, -0.2) is 26.3 Å². The van der Waals surface area contributed by atoms with E-state index in [2.05, 4.69) is 0 Å². The lowest BCUT2D eigenvalue weighted by molar-refractivity contribution is -0.110. The molecule has 0 bridgehead atoms. The molecule has 1 aliphatic carbocycles.